The number of alkyl carbamates (subject to hydrolysis) is 1. The number of ketones is 1. The highest BCUT2D eigenvalue weighted by atomic mass is 16.7. The van der Waals surface area contributed by atoms with E-state index < -0.39 is 65.7 Å². The molecule has 5 unspecified atom stereocenters. The number of carbonyl (C=O) groups excluding carboxylic acids is 3. The third kappa shape index (κ3) is 8.35. The van der Waals surface area contributed by atoms with Crippen molar-refractivity contribution in [1.29, 1.82) is 0 Å². The van der Waals surface area contributed by atoms with Crippen molar-refractivity contribution in [3.8, 4) is 0 Å². The Morgan fingerprint density at radius 1 is 1.10 bits per heavy atom. The average Bonchev–Trinajstić information content (AvgIpc) is 3.33. The van der Waals surface area contributed by atoms with Crippen LogP contribution in [-0.2, 0) is 33.3 Å². The van der Waals surface area contributed by atoms with Crippen LogP contribution in [0.5, 0.6) is 0 Å². The molecule has 1 amide bonds. The highest BCUT2D eigenvalue weighted by molar-refractivity contribution is 6.00. The molecule has 4 fully saturated rings. The third-order valence-corrected chi connectivity index (χ3v) is 11.5. The molecule has 13 heteroatoms. The number of hydrogen-bond acceptors (Lipinski definition) is 12. The summed E-state index contributed by atoms with van der Waals surface area (Å²) in [4.78, 5) is 42.3. The molecular formula is C35H62N4O9. The van der Waals surface area contributed by atoms with Crippen LogP contribution in [-0.4, -0.2) is 128 Å². The van der Waals surface area contributed by atoms with Gasteiger partial charge in [-0.1, -0.05) is 27.2 Å². The first-order valence-electron chi connectivity index (χ1n) is 18.0. The summed E-state index contributed by atoms with van der Waals surface area (Å²) in [6.07, 6.45) is 0.538. The molecule has 276 valence electrons. The largest absolute Gasteiger partial charge is 0.458 e. The molecule has 3 heterocycles. The quantitative estimate of drug-likeness (QED) is 0.219. The Morgan fingerprint density at radius 2 is 1.79 bits per heavy atom. The number of methoxy groups -OCH3 is 1. The van der Waals surface area contributed by atoms with Gasteiger partial charge in [0.25, 0.3) is 0 Å². The molecule has 0 aromatic carbocycles. The first-order chi connectivity index (χ1) is 22.5. The minimum atomic E-state index is -1.15. The molecule has 0 aromatic heterocycles. The zero-order valence-corrected chi connectivity index (χ0v) is 30.7. The first-order valence-corrected chi connectivity index (χ1v) is 18.0. The number of ether oxygens (including phenoxy) is 5. The number of rotatable bonds is 8. The van der Waals surface area contributed by atoms with Gasteiger partial charge in [0, 0.05) is 37.7 Å². The summed E-state index contributed by atoms with van der Waals surface area (Å²) in [5.41, 5.74) is -2.16. The molecular weight excluding hydrogens is 620 g/mol. The van der Waals surface area contributed by atoms with Crippen LogP contribution in [0.3, 0.4) is 0 Å². The zero-order valence-electron chi connectivity index (χ0n) is 30.7. The van der Waals surface area contributed by atoms with E-state index in [4.69, 9.17) is 23.7 Å². The van der Waals surface area contributed by atoms with E-state index in [1.807, 2.05) is 39.8 Å². The van der Waals surface area contributed by atoms with Crippen molar-refractivity contribution >= 4 is 17.8 Å². The lowest BCUT2D eigenvalue weighted by Crippen LogP contribution is -2.60. The van der Waals surface area contributed by atoms with E-state index in [0.29, 0.717) is 38.4 Å². The number of aliphatic hydroxyl groups excluding tert-OH is 1. The molecule has 1 saturated carbocycles. The molecule has 4 aliphatic rings. The normalized spacial score (nSPS) is 43.8. The fourth-order valence-electron chi connectivity index (χ4n) is 8.06. The van der Waals surface area contributed by atoms with E-state index in [-0.39, 0.29) is 29.9 Å². The molecule has 0 spiro atoms. The molecule has 4 rings (SSSR count). The summed E-state index contributed by atoms with van der Waals surface area (Å²) in [5, 5.41) is 21.6. The second-order valence-electron chi connectivity index (χ2n) is 15.4. The van der Waals surface area contributed by atoms with Crippen LogP contribution < -0.4 is 16.0 Å². The van der Waals surface area contributed by atoms with Gasteiger partial charge in [-0.3, -0.25) is 9.59 Å². The summed E-state index contributed by atoms with van der Waals surface area (Å²) in [5.74, 6) is -3.02. The van der Waals surface area contributed by atoms with Gasteiger partial charge in [0.15, 0.2) is 17.7 Å². The summed E-state index contributed by atoms with van der Waals surface area (Å²) >= 11 is 0. The Kier molecular flexibility index (Phi) is 13.0. The lowest BCUT2D eigenvalue weighted by Gasteiger charge is -2.47. The van der Waals surface area contributed by atoms with Gasteiger partial charge in [0.05, 0.1) is 23.9 Å². The highest BCUT2D eigenvalue weighted by Gasteiger charge is 2.55. The van der Waals surface area contributed by atoms with Gasteiger partial charge in [-0.2, -0.15) is 0 Å². The smallest absolute Gasteiger partial charge is 0.408 e. The van der Waals surface area contributed by atoms with Crippen LogP contribution in [0.1, 0.15) is 87.0 Å². The van der Waals surface area contributed by atoms with E-state index in [9.17, 15) is 19.5 Å². The standard InChI is InChI=1S/C35H62N4O9/c1-11-26-35(7)29(38-33(43)48-35)22(5)36-17-19(2)16-34(6,44-10)30(20(3)27(40)21(4)31(42)46-26)47-32-28(41)25(39(8)9)15-24(45-32)18-37-23-13-12-14-23/h19-26,28-30,32,36-37,41H,11-18H2,1-10H3,(H,38,43)/t19-,20+,21?,22-,24?,25?,26-,28?,29-,30-,32?,34-,35-/m1/s1. The number of nitrogens with one attached hydrogen (secondary N) is 3. The molecule has 13 nitrogen and oxygen atoms in total. The second kappa shape index (κ2) is 16.0. The number of cyclic esters (lactones) is 1. The third-order valence-electron chi connectivity index (χ3n) is 11.5. The van der Waals surface area contributed by atoms with E-state index in [2.05, 4.69) is 22.9 Å². The molecule has 4 N–H and O–H groups in total. The number of carbonyl (C=O) groups is 3. The zero-order chi connectivity index (χ0) is 35.6. The van der Waals surface area contributed by atoms with Gasteiger partial charge >= 0.3 is 12.1 Å². The van der Waals surface area contributed by atoms with Gasteiger partial charge < -0.3 is 49.6 Å². The number of esters is 1. The highest BCUT2D eigenvalue weighted by Crippen LogP contribution is 2.38. The minimum absolute atomic E-state index is 0.0311. The maximum absolute atomic E-state index is 14.2. The van der Waals surface area contributed by atoms with E-state index in [0.717, 1.165) is 12.8 Å². The van der Waals surface area contributed by atoms with Crippen molar-refractivity contribution in [1.82, 2.24) is 20.9 Å². The number of Topliss-reactive ketones (excluding diaryl/α,β-unsaturated/α-hetero) is 1. The summed E-state index contributed by atoms with van der Waals surface area (Å²) < 4.78 is 31.2. The molecule has 48 heavy (non-hydrogen) atoms. The predicted octanol–water partition coefficient (Wildman–Crippen LogP) is 2.37. The Bertz CT molecular complexity index is 1120. The Labute approximate surface area is 286 Å². The maximum Gasteiger partial charge on any atom is 0.408 e. The first kappa shape index (κ1) is 38.9. The van der Waals surface area contributed by atoms with Gasteiger partial charge in [0.1, 0.15) is 18.1 Å². The summed E-state index contributed by atoms with van der Waals surface area (Å²) in [6.45, 7) is 14.1. The monoisotopic (exact) mass is 682 g/mol. The molecule has 0 radical (unpaired) electrons. The molecule has 3 aliphatic heterocycles. The molecule has 13 atom stereocenters. The van der Waals surface area contributed by atoms with E-state index in [1.54, 1.807) is 21.0 Å². The number of likely N-dealkylation sites (N-methyl/N-ethyl adjacent to an activating group) is 1. The van der Waals surface area contributed by atoms with Crippen LogP contribution in [0.4, 0.5) is 4.79 Å². The number of nitrogens with zero attached hydrogens (tertiary/aromatic N) is 1. The van der Waals surface area contributed by atoms with Crippen LogP contribution in [0.2, 0.25) is 0 Å². The molecule has 1 aliphatic carbocycles. The maximum atomic E-state index is 14.2. The van der Waals surface area contributed by atoms with Crippen molar-refractivity contribution < 1.29 is 43.2 Å². The lowest BCUT2D eigenvalue weighted by atomic mass is 9.78. The predicted molar refractivity (Wildman–Crippen MR) is 179 cm³/mol. The van der Waals surface area contributed by atoms with Crippen LogP contribution >= 0.6 is 0 Å². The van der Waals surface area contributed by atoms with E-state index in [1.165, 1.54) is 13.3 Å². The van der Waals surface area contributed by atoms with Crippen molar-refractivity contribution in [3.05, 3.63) is 0 Å². The van der Waals surface area contributed by atoms with Crippen LogP contribution in [0.15, 0.2) is 0 Å². The number of aliphatic hydroxyl groups is 1. The average molecular weight is 683 g/mol. The van der Waals surface area contributed by atoms with Gasteiger partial charge in [-0.15, -0.1) is 0 Å². The van der Waals surface area contributed by atoms with Gasteiger partial charge in [-0.25, -0.2) is 4.79 Å². The number of fused-ring (bicyclic) bond motifs is 1. The second-order valence-corrected chi connectivity index (χ2v) is 15.4. The van der Waals surface area contributed by atoms with Crippen molar-refractivity contribution in [3.63, 3.8) is 0 Å². The summed E-state index contributed by atoms with van der Waals surface area (Å²) in [7, 11) is 5.45. The summed E-state index contributed by atoms with van der Waals surface area (Å²) in [6, 6.07) is -0.477. The van der Waals surface area contributed by atoms with Crippen LogP contribution in [0.25, 0.3) is 0 Å². The van der Waals surface area contributed by atoms with Crippen molar-refractivity contribution in [2.24, 2.45) is 17.8 Å². The van der Waals surface area contributed by atoms with Gasteiger partial charge in [0.2, 0.25) is 0 Å². The number of amides is 1. The van der Waals surface area contributed by atoms with Gasteiger partial charge in [-0.05, 0) is 86.4 Å². The minimum Gasteiger partial charge on any atom is -0.458 e. The Balaban J connectivity index is 1.66. The van der Waals surface area contributed by atoms with Crippen LogP contribution in [0, 0.1) is 17.8 Å². The SMILES string of the molecule is CC[C@H]1OC(=O)C(C)C(=O)[C@H](C)[C@@H](OC2OC(CNC3CCC3)CC(N(C)C)C2O)[C@](C)(OC)C[C@@H](C)CN[C@H](C)[C@H]2NC(=O)O[C@@]21C. The molecule has 0 bridgehead atoms. The topological polar surface area (TPSA) is 157 Å². The van der Waals surface area contributed by atoms with Crippen molar-refractivity contribution in [2.75, 3.05) is 34.3 Å². The Hall–Kier alpha value is -1.87. The Morgan fingerprint density at radius 3 is 2.38 bits per heavy atom. The van der Waals surface area contributed by atoms with E-state index >= 15 is 0 Å². The van der Waals surface area contributed by atoms with Crippen molar-refractivity contribution in [2.45, 2.75) is 153 Å². The lowest BCUT2D eigenvalue weighted by molar-refractivity contribution is -0.297. The molecule has 0 aromatic rings. The fourth-order valence-corrected chi connectivity index (χ4v) is 8.06. The molecule has 3 saturated heterocycles. The fraction of sp³-hybridized carbons (Fsp3) is 0.914. The number of hydrogen-bond donors (Lipinski definition) is 4.